The third-order valence-electron chi connectivity index (χ3n) is 3.99. The molecule has 1 N–H and O–H groups in total. The molecule has 0 radical (unpaired) electrons. The van der Waals surface area contributed by atoms with Gasteiger partial charge in [0.25, 0.3) is 5.91 Å². The van der Waals surface area contributed by atoms with E-state index in [-0.39, 0.29) is 5.91 Å². The number of hydrogen-bond acceptors (Lipinski definition) is 4. The van der Waals surface area contributed by atoms with Crippen molar-refractivity contribution < 1.29 is 9.53 Å². The van der Waals surface area contributed by atoms with Crippen molar-refractivity contribution in [1.29, 1.82) is 0 Å². The molecular formula is C20H19BrN2O2S. The van der Waals surface area contributed by atoms with Gasteiger partial charge in [-0.2, -0.15) is 0 Å². The predicted octanol–water partition coefficient (Wildman–Crippen LogP) is 4.86. The number of nitrogens with one attached hydrogen (secondary N) is 1. The highest BCUT2D eigenvalue weighted by Gasteiger charge is 2.11. The second-order valence-electron chi connectivity index (χ2n) is 5.80. The zero-order chi connectivity index (χ0) is 18.5. The molecule has 0 aliphatic heterocycles. The molecule has 1 heterocycles. The summed E-state index contributed by atoms with van der Waals surface area (Å²) in [5, 5.41) is 6.09. The molecule has 0 saturated heterocycles. The molecule has 0 spiro atoms. The van der Waals surface area contributed by atoms with Gasteiger partial charge in [-0.3, -0.25) is 4.79 Å². The standard InChI is InChI=1S/C20H19BrN2O2S/c1-13-23-19(12-26-13)15-5-3-14(4-6-15)9-10-22-20(24)17-11-16(25-2)7-8-18(17)21/h3-8,11-12H,9-10H2,1-2H3,(H,22,24). The zero-order valence-corrected chi connectivity index (χ0v) is 17.0. The highest BCUT2D eigenvalue weighted by atomic mass is 79.9. The van der Waals surface area contributed by atoms with E-state index in [1.807, 2.05) is 19.1 Å². The molecule has 1 aromatic heterocycles. The lowest BCUT2D eigenvalue weighted by atomic mass is 10.1. The average Bonchev–Trinajstić information content (AvgIpc) is 3.09. The number of rotatable bonds is 6. The van der Waals surface area contributed by atoms with Gasteiger partial charge in [0.2, 0.25) is 0 Å². The zero-order valence-electron chi connectivity index (χ0n) is 14.6. The lowest BCUT2D eigenvalue weighted by Crippen LogP contribution is -2.26. The van der Waals surface area contributed by atoms with Crippen LogP contribution >= 0.6 is 27.3 Å². The molecular weight excluding hydrogens is 412 g/mol. The molecule has 0 saturated carbocycles. The van der Waals surface area contributed by atoms with Crippen LogP contribution in [0.15, 0.2) is 52.3 Å². The molecule has 0 bridgehead atoms. The Bertz CT molecular complexity index is 906. The van der Waals surface area contributed by atoms with Crippen molar-refractivity contribution in [2.75, 3.05) is 13.7 Å². The quantitative estimate of drug-likeness (QED) is 0.607. The summed E-state index contributed by atoms with van der Waals surface area (Å²) in [5.41, 5.74) is 3.86. The Labute approximate surface area is 165 Å². The van der Waals surface area contributed by atoms with Crippen LogP contribution in [-0.4, -0.2) is 24.5 Å². The van der Waals surface area contributed by atoms with E-state index < -0.39 is 0 Å². The Morgan fingerprint density at radius 3 is 2.65 bits per heavy atom. The Hall–Kier alpha value is -2.18. The summed E-state index contributed by atoms with van der Waals surface area (Å²) in [4.78, 5) is 16.9. The molecule has 3 aromatic rings. The summed E-state index contributed by atoms with van der Waals surface area (Å²) in [6.45, 7) is 2.57. The maximum absolute atomic E-state index is 12.4. The molecule has 1 amide bonds. The van der Waals surface area contributed by atoms with Crippen molar-refractivity contribution in [3.05, 3.63) is 68.5 Å². The number of carbonyl (C=O) groups is 1. The summed E-state index contributed by atoms with van der Waals surface area (Å²) in [6, 6.07) is 13.7. The Kier molecular flexibility index (Phi) is 6.06. The van der Waals surface area contributed by atoms with Gasteiger partial charge in [0.05, 0.1) is 23.4 Å². The lowest BCUT2D eigenvalue weighted by Gasteiger charge is -2.09. The molecule has 0 unspecified atom stereocenters. The van der Waals surface area contributed by atoms with E-state index >= 15 is 0 Å². The van der Waals surface area contributed by atoms with Crippen LogP contribution in [0.5, 0.6) is 5.75 Å². The number of aryl methyl sites for hydroxylation is 1. The molecule has 134 valence electrons. The van der Waals surface area contributed by atoms with Crippen LogP contribution in [0.3, 0.4) is 0 Å². The largest absolute Gasteiger partial charge is 0.497 e. The van der Waals surface area contributed by atoms with Crippen LogP contribution in [0.4, 0.5) is 0 Å². The number of benzene rings is 2. The van der Waals surface area contributed by atoms with E-state index in [1.165, 1.54) is 5.56 Å². The number of ether oxygens (including phenoxy) is 1. The number of aromatic nitrogens is 1. The second-order valence-corrected chi connectivity index (χ2v) is 7.72. The minimum absolute atomic E-state index is 0.120. The van der Waals surface area contributed by atoms with Gasteiger partial charge < -0.3 is 10.1 Å². The number of methoxy groups -OCH3 is 1. The third-order valence-corrected chi connectivity index (χ3v) is 5.45. The molecule has 0 aliphatic rings. The van der Waals surface area contributed by atoms with Crippen molar-refractivity contribution >= 4 is 33.2 Å². The average molecular weight is 431 g/mol. The van der Waals surface area contributed by atoms with E-state index in [0.717, 1.165) is 27.2 Å². The van der Waals surface area contributed by atoms with Crippen LogP contribution in [-0.2, 0) is 6.42 Å². The van der Waals surface area contributed by atoms with Crippen molar-refractivity contribution in [2.24, 2.45) is 0 Å². The molecule has 0 aliphatic carbocycles. The molecule has 0 fully saturated rings. The Balaban J connectivity index is 1.57. The maximum atomic E-state index is 12.4. The number of thiazole rings is 1. The van der Waals surface area contributed by atoms with Crippen molar-refractivity contribution in [3.63, 3.8) is 0 Å². The van der Waals surface area contributed by atoms with Crippen LogP contribution in [0, 0.1) is 6.92 Å². The first-order valence-corrected chi connectivity index (χ1v) is 9.87. The van der Waals surface area contributed by atoms with Gasteiger partial charge in [0.1, 0.15) is 5.75 Å². The summed E-state index contributed by atoms with van der Waals surface area (Å²) >= 11 is 5.06. The van der Waals surface area contributed by atoms with E-state index in [1.54, 1.807) is 24.5 Å². The van der Waals surface area contributed by atoms with Crippen molar-refractivity contribution in [3.8, 4) is 17.0 Å². The van der Waals surface area contributed by atoms with E-state index in [4.69, 9.17) is 4.74 Å². The van der Waals surface area contributed by atoms with Gasteiger partial charge in [0.15, 0.2) is 0 Å². The number of halogens is 1. The molecule has 2 aromatic carbocycles. The fourth-order valence-corrected chi connectivity index (χ4v) is 3.61. The Morgan fingerprint density at radius 1 is 1.23 bits per heavy atom. The summed E-state index contributed by atoms with van der Waals surface area (Å²) in [7, 11) is 1.58. The number of hydrogen-bond donors (Lipinski definition) is 1. The SMILES string of the molecule is COc1ccc(Br)c(C(=O)NCCc2ccc(-c3csc(C)n3)cc2)c1. The normalized spacial score (nSPS) is 10.6. The molecule has 3 rings (SSSR count). The highest BCUT2D eigenvalue weighted by molar-refractivity contribution is 9.10. The van der Waals surface area contributed by atoms with E-state index in [0.29, 0.717) is 17.9 Å². The van der Waals surface area contributed by atoms with Gasteiger partial charge >= 0.3 is 0 Å². The molecule has 4 nitrogen and oxygen atoms in total. The van der Waals surface area contributed by atoms with Gasteiger partial charge in [-0.15, -0.1) is 11.3 Å². The van der Waals surface area contributed by atoms with E-state index in [2.05, 4.69) is 55.9 Å². The molecule has 26 heavy (non-hydrogen) atoms. The highest BCUT2D eigenvalue weighted by Crippen LogP contribution is 2.23. The van der Waals surface area contributed by atoms with Crippen molar-refractivity contribution in [2.45, 2.75) is 13.3 Å². The number of amides is 1. The monoisotopic (exact) mass is 430 g/mol. The minimum Gasteiger partial charge on any atom is -0.497 e. The fraction of sp³-hybridized carbons (Fsp3) is 0.200. The van der Waals surface area contributed by atoms with Crippen LogP contribution in [0.1, 0.15) is 20.9 Å². The van der Waals surface area contributed by atoms with E-state index in [9.17, 15) is 4.79 Å². The minimum atomic E-state index is -0.120. The number of carbonyl (C=O) groups excluding carboxylic acids is 1. The first-order valence-electron chi connectivity index (χ1n) is 8.20. The topological polar surface area (TPSA) is 51.2 Å². The van der Waals surface area contributed by atoms with Crippen LogP contribution < -0.4 is 10.1 Å². The third kappa shape index (κ3) is 4.51. The summed E-state index contributed by atoms with van der Waals surface area (Å²) in [5.74, 6) is 0.538. The predicted molar refractivity (Wildman–Crippen MR) is 109 cm³/mol. The van der Waals surface area contributed by atoms with Gasteiger partial charge in [0, 0.05) is 22.0 Å². The second kappa shape index (κ2) is 8.47. The first kappa shape index (κ1) is 18.6. The molecule has 6 heteroatoms. The Morgan fingerprint density at radius 2 is 2.00 bits per heavy atom. The van der Waals surface area contributed by atoms with Crippen molar-refractivity contribution in [1.82, 2.24) is 10.3 Å². The lowest BCUT2D eigenvalue weighted by molar-refractivity contribution is 0.0953. The van der Waals surface area contributed by atoms with Gasteiger partial charge in [-0.1, -0.05) is 24.3 Å². The van der Waals surface area contributed by atoms with Gasteiger partial charge in [-0.25, -0.2) is 4.98 Å². The van der Waals surface area contributed by atoms with Gasteiger partial charge in [-0.05, 0) is 53.0 Å². The first-order chi connectivity index (χ1) is 12.6. The van der Waals surface area contributed by atoms with Crippen LogP contribution in [0.25, 0.3) is 11.3 Å². The fourth-order valence-electron chi connectivity index (χ4n) is 2.56. The van der Waals surface area contributed by atoms with Crippen LogP contribution in [0.2, 0.25) is 0 Å². The smallest absolute Gasteiger partial charge is 0.252 e. The summed E-state index contributed by atoms with van der Waals surface area (Å²) < 4.78 is 5.93. The number of nitrogens with zero attached hydrogens (tertiary/aromatic N) is 1. The molecule has 0 atom stereocenters. The summed E-state index contributed by atoms with van der Waals surface area (Å²) in [6.07, 6.45) is 0.768. The maximum Gasteiger partial charge on any atom is 0.252 e.